The van der Waals surface area contributed by atoms with Crippen LogP contribution < -0.4 is 0 Å². The van der Waals surface area contributed by atoms with E-state index >= 15 is 0 Å². The quantitative estimate of drug-likeness (QED) is 0.227. The number of nitrogens with zero attached hydrogens (tertiary/aromatic N) is 3. The molecule has 8 aromatic rings. The molecule has 0 bridgehead atoms. The highest BCUT2D eigenvalue weighted by Crippen LogP contribution is 2.42. The minimum atomic E-state index is 0.828. The molecule has 7 aromatic carbocycles. The van der Waals surface area contributed by atoms with Gasteiger partial charge in [-0.15, -0.1) is 10.2 Å². The Morgan fingerprint density at radius 2 is 0.846 bits per heavy atom. The maximum atomic E-state index is 4.72. The molecule has 0 atom stereocenters. The lowest BCUT2D eigenvalue weighted by Gasteiger charge is -2.18. The summed E-state index contributed by atoms with van der Waals surface area (Å²) in [5, 5.41) is 16.9. The van der Waals surface area contributed by atoms with E-state index in [1.54, 1.807) is 0 Å². The molecule has 8 rings (SSSR count). The fraction of sp³-hybridized carbons (Fsp3) is 0. The van der Waals surface area contributed by atoms with Gasteiger partial charge in [0.1, 0.15) is 0 Å². The summed E-state index contributed by atoms with van der Waals surface area (Å²) in [4.78, 5) is 0. The predicted octanol–water partition coefficient (Wildman–Crippen LogP) is 9.17. The number of hydrogen-bond acceptors (Lipinski definition) is 2. The van der Waals surface area contributed by atoms with E-state index in [1.165, 1.54) is 43.4 Å². The lowest BCUT2D eigenvalue weighted by molar-refractivity contribution is 1.09. The first kappa shape index (κ1) is 21.8. The smallest absolute Gasteiger partial charge is 0.168 e. The van der Waals surface area contributed by atoms with Gasteiger partial charge in [0.25, 0.3) is 0 Å². The van der Waals surface area contributed by atoms with Gasteiger partial charge in [-0.2, -0.15) is 0 Å². The minimum Gasteiger partial charge on any atom is -0.274 e. The summed E-state index contributed by atoms with van der Waals surface area (Å²) in [5.74, 6) is 1.66. The third-order valence-corrected chi connectivity index (χ3v) is 7.69. The van der Waals surface area contributed by atoms with Crippen molar-refractivity contribution in [3.8, 4) is 39.6 Å². The molecular weight excluding hydrogens is 474 g/mol. The minimum absolute atomic E-state index is 0.828. The predicted molar refractivity (Wildman–Crippen MR) is 161 cm³/mol. The molecule has 0 radical (unpaired) electrons. The molecule has 0 unspecified atom stereocenters. The second-order valence-corrected chi connectivity index (χ2v) is 9.90. The van der Waals surface area contributed by atoms with E-state index in [0.29, 0.717) is 0 Å². The van der Waals surface area contributed by atoms with Crippen LogP contribution in [0.5, 0.6) is 0 Å². The topological polar surface area (TPSA) is 30.7 Å². The summed E-state index contributed by atoms with van der Waals surface area (Å²) in [7, 11) is 0. The van der Waals surface area contributed by atoms with E-state index in [4.69, 9.17) is 10.2 Å². The first-order valence-corrected chi connectivity index (χ1v) is 13.2. The molecule has 0 spiro atoms. The van der Waals surface area contributed by atoms with Crippen LogP contribution in [0.1, 0.15) is 0 Å². The molecule has 0 aliphatic rings. The highest BCUT2D eigenvalue weighted by molar-refractivity contribution is 6.26. The molecule has 0 aliphatic carbocycles. The van der Waals surface area contributed by atoms with E-state index < -0.39 is 0 Å². The van der Waals surface area contributed by atoms with Crippen LogP contribution in [0.15, 0.2) is 140 Å². The summed E-state index contributed by atoms with van der Waals surface area (Å²) in [6.07, 6.45) is 0. The Balaban J connectivity index is 1.47. The zero-order valence-corrected chi connectivity index (χ0v) is 21.1. The van der Waals surface area contributed by atoms with Crippen molar-refractivity contribution in [2.24, 2.45) is 0 Å². The van der Waals surface area contributed by atoms with Crippen LogP contribution in [0.2, 0.25) is 0 Å². The molecule has 0 saturated heterocycles. The fourth-order valence-corrected chi connectivity index (χ4v) is 5.91. The Hall–Kier alpha value is -5.28. The zero-order chi connectivity index (χ0) is 25.8. The number of rotatable bonds is 4. The van der Waals surface area contributed by atoms with E-state index in [-0.39, 0.29) is 0 Å². The first-order chi connectivity index (χ1) is 19.4. The van der Waals surface area contributed by atoms with E-state index in [9.17, 15) is 0 Å². The lowest BCUT2D eigenvalue weighted by Crippen LogP contribution is -2.02. The summed E-state index contributed by atoms with van der Waals surface area (Å²) in [6.45, 7) is 0. The van der Waals surface area contributed by atoms with Gasteiger partial charge in [0.05, 0.1) is 5.69 Å². The van der Waals surface area contributed by atoms with Gasteiger partial charge in [0.15, 0.2) is 11.6 Å². The Bertz CT molecular complexity index is 2040. The summed E-state index contributed by atoms with van der Waals surface area (Å²) >= 11 is 0. The van der Waals surface area contributed by atoms with E-state index in [0.717, 1.165) is 28.5 Å². The second kappa shape index (κ2) is 8.64. The number of aromatic nitrogens is 3. The Kier molecular flexibility index (Phi) is 4.82. The summed E-state index contributed by atoms with van der Waals surface area (Å²) < 4.78 is 2.22. The van der Waals surface area contributed by atoms with Crippen molar-refractivity contribution in [2.45, 2.75) is 0 Å². The van der Waals surface area contributed by atoms with Gasteiger partial charge >= 0.3 is 0 Å². The van der Waals surface area contributed by atoms with Gasteiger partial charge in [-0.05, 0) is 44.1 Å². The fourth-order valence-electron chi connectivity index (χ4n) is 5.91. The molecule has 0 N–H and O–H groups in total. The van der Waals surface area contributed by atoms with Gasteiger partial charge in [0, 0.05) is 16.5 Å². The maximum Gasteiger partial charge on any atom is 0.168 e. The average Bonchev–Trinajstić information content (AvgIpc) is 3.46. The Morgan fingerprint density at radius 1 is 0.385 bits per heavy atom. The molecule has 182 valence electrons. The van der Waals surface area contributed by atoms with Crippen LogP contribution in [-0.4, -0.2) is 14.8 Å². The molecule has 1 aromatic heterocycles. The molecule has 3 heteroatoms. The standard InChI is InChI=1S/C36H23N3/c1-4-10-24(11-5-1)29-20-16-25-18-22-31-32(23-19-26-17-21-30(29)33(25)34(26)31)39-35(27-12-6-2-7-13-27)37-38-36(39)28-14-8-3-9-15-28/h1-23H. The van der Waals surface area contributed by atoms with Gasteiger partial charge in [-0.3, -0.25) is 4.57 Å². The van der Waals surface area contributed by atoms with Gasteiger partial charge < -0.3 is 0 Å². The van der Waals surface area contributed by atoms with Crippen LogP contribution in [0.25, 0.3) is 71.9 Å². The summed E-state index contributed by atoms with van der Waals surface area (Å²) in [5.41, 5.74) is 5.62. The van der Waals surface area contributed by atoms with Crippen LogP contribution >= 0.6 is 0 Å². The zero-order valence-electron chi connectivity index (χ0n) is 21.1. The SMILES string of the molecule is c1ccc(-c2ccc3ccc4c(-n5c(-c6ccccc6)nnc5-c5ccccc5)ccc5ccc2c3c54)cc1. The van der Waals surface area contributed by atoms with E-state index in [2.05, 4.69) is 108 Å². The Morgan fingerprint density at radius 3 is 1.44 bits per heavy atom. The first-order valence-electron chi connectivity index (χ1n) is 13.2. The van der Waals surface area contributed by atoms with Gasteiger partial charge in [-0.1, -0.05) is 133 Å². The number of benzene rings is 7. The molecule has 1 heterocycles. The van der Waals surface area contributed by atoms with Crippen molar-refractivity contribution in [1.29, 1.82) is 0 Å². The lowest BCUT2D eigenvalue weighted by atomic mass is 9.89. The maximum absolute atomic E-state index is 4.72. The highest BCUT2D eigenvalue weighted by Gasteiger charge is 2.21. The highest BCUT2D eigenvalue weighted by atomic mass is 15.3. The van der Waals surface area contributed by atoms with Crippen molar-refractivity contribution < 1.29 is 0 Å². The van der Waals surface area contributed by atoms with Crippen LogP contribution in [0.3, 0.4) is 0 Å². The van der Waals surface area contributed by atoms with Crippen molar-refractivity contribution in [2.75, 3.05) is 0 Å². The third kappa shape index (κ3) is 3.37. The van der Waals surface area contributed by atoms with Crippen molar-refractivity contribution in [1.82, 2.24) is 14.8 Å². The van der Waals surface area contributed by atoms with Crippen molar-refractivity contribution >= 4 is 32.3 Å². The van der Waals surface area contributed by atoms with Crippen LogP contribution in [-0.2, 0) is 0 Å². The molecule has 0 saturated carbocycles. The van der Waals surface area contributed by atoms with Crippen LogP contribution in [0, 0.1) is 0 Å². The molecule has 0 amide bonds. The third-order valence-electron chi connectivity index (χ3n) is 7.69. The monoisotopic (exact) mass is 497 g/mol. The molecular formula is C36H23N3. The number of hydrogen-bond donors (Lipinski definition) is 0. The van der Waals surface area contributed by atoms with Gasteiger partial charge in [-0.25, -0.2) is 0 Å². The normalized spacial score (nSPS) is 11.6. The van der Waals surface area contributed by atoms with Gasteiger partial charge in [0.2, 0.25) is 0 Å². The van der Waals surface area contributed by atoms with Crippen molar-refractivity contribution in [3.05, 3.63) is 140 Å². The largest absolute Gasteiger partial charge is 0.274 e. The molecule has 39 heavy (non-hydrogen) atoms. The molecule has 0 fully saturated rings. The molecule has 3 nitrogen and oxygen atoms in total. The Labute approximate surface area is 226 Å². The molecule has 0 aliphatic heterocycles. The summed E-state index contributed by atoms with van der Waals surface area (Å²) in [6, 6.07) is 49.3. The van der Waals surface area contributed by atoms with E-state index in [1.807, 2.05) is 36.4 Å². The van der Waals surface area contributed by atoms with Crippen LogP contribution in [0.4, 0.5) is 0 Å². The van der Waals surface area contributed by atoms with Crippen molar-refractivity contribution in [3.63, 3.8) is 0 Å². The average molecular weight is 498 g/mol. The second-order valence-electron chi connectivity index (χ2n) is 9.90.